The van der Waals surface area contributed by atoms with E-state index in [1.54, 1.807) is 0 Å². The maximum atomic E-state index is 12.4. The van der Waals surface area contributed by atoms with Gasteiger partial charge in [-0.25, -0.2) is 0 Å². The molecule has 1 aromatic heterocycles. The number of hydrogen-bond acceptors (Lipinski definition) is 0. The van der Waals surface area contributed by atoms with Gasteiger partial charge in [0.05, 0.1) is 0 Å². The second kappa shape index (κ2) is 3.45. The highest BCUT2D eigenvalue weighted by molar-refractivity contribution is 6.73. The van der Waals surface area contributed by atoms with Crippen LogP contribution in [0.5, 0.6) is 0 Å². The minimum Gasteiger partial charge on any atom is -0.445 e. The van der Waals surface area contributed by atoms with Crippen LogP contribution in [0.1, 0.15) is 5.69 Å². The molecule has 0 saturated heterocycles. The molecule has 0 aliphatic carbocycles. The fraction of sp³-hybridized carbons (Fsp3) is 0.111. The van der Waals surface area contributed by atoms with E-state index in [9.17, 15) is 26.1 Å². The first-order valence-corrected chi connectivity index (χ1v) is 4.58. The molecule has 2 aromatic rings. The number of hydrogen-bond donors (Lipinski definition) is 1. The predicted octanol–water partition coefficient (Wildman–Crippen LogP) is 3.24. The molecule has 1 heterocycles. The Morgan fingerprint density at radius 2 is 1.65 bits per heavy atom. The van der Waals surface area contributed by atoms with E-state index in [1.165, 1.54) is 0 Å². The van der Waals surface area contributed by atoms with Crippen LogP contribution in [0.3, 0.4) is 0 Å². The number of alkyl halides is 3. The van der Waals surface area contributed by atoms with Crippen LogP contribution in [-0.4, -0.2) is 12.0 Å². The van der Waals surface area contributed by atoms with Gasteiger partial charge in [-0.3, -0.25) is 0 Å². The van der Waals surface area contributed by atoms with Crippen molar-refractivity contribution in [2.75, 3.05) is 0 Å². The highest BCUT2D eigenvalue weighted by Gasteiger charge is 2.33. The number of aromatic nitrogens is 1. The normalized spacial score (nSPS) is 13.3. The smallest absolute Gasteiger partial charge is 0.445 e. The van der Waals surface area contributed by atoms with Crippen LogP contribution in [0.4, 0.5) is 26.1 Å². The van der Waals surface area contributed by atoms with Gasteiger partial charge in [-0.05, 0) is 17.5 Å². The van der Waals surface area contributed by atoms with E-state index in [1.807, 2.05) is 4.98 Å². The van der Waals surface area contributed by atoms with Gasteiger partial charge < -0.3 is 17.9 Å². The lowest BCUT2D eigenvalue weighted by Gasteiger charge is -2.14. The zero-order valence-corrected chi connectivity index (χ0v) is 8.15. The molecular weight excluding hydrogens is 247 g/mol. The van der Waals surface area contributed by atoms with E-state index >= 15 is 0 Å². The highest BCUT2D eigenvalue weighted by atomic mass is 19.4. The molecule has 0 aliphatic rings. The number of aromatic amines is 1. The Hall–Kier alpha value is -1.60. The Bertz CT molecular complexity index is 541. The average molecular weight is 252 g/mol. The van der Waals surface area contributed by atoms with Crippen molar-refractivity contribution in [1.82, 2.24) is 4.98 Å². The Labute approximate surface area is 91.5 Å². The van der Waals surface area contributed by atoms with E-state index in [2.05, 4.69) is 0 Å². The standard InChI is InChI=1S/C9H5BF6N/c11-9(12,13)8-4-5-3-6(10(14,15)16)1-2-7(5)17-8/h1-4,17H/q-1. The van der Waals surface area contributed by atoms with Crippen molar-refractivity contribution in [2.24, 2.45) is 0 Å². The summed E-state index contributed by atoms with van der Waals surface area (Å²) in [5.41, 5.74) is -1.94. The summed E-state index contributed by atoms with van der Waals surface area (Å²) in [6, 6.07) is 3.13. The minimum atomic E-state index is -5.20. The Morgan fingerprint density at radius 1 is 1.00 bits per heavy atom. The lowest BCUT2D eigenvalue weighted by molar-refractivity contribution is -0.140. The first-order chi connectivity index (χ1) is 7.68. The second-order valence-corrected chi connectivity index (χ2v) is 3.60. The molecule has 8 heteroatoms. The van der Waals surface area contributed by atoms with E-state index in [-0.39, 0.29) is 10.9 Å². The molecule has 0 atom stereocenters. The van der Waals surface area contributed by atoms with Crippen molar-refractivity contribution in [2.45, 2.75) is 6.18 Å². The predicted molar refractivity (Wildman–Crippen MR) is 52.0 cm³/mol. The summed E-state index contributed by atoms with van der Waals surface area (Å²) in [6.45, 7) is -5.20. The maximum absolute atomic E-state index is 12.4. The number of H-pyrrole nitrogens is 1. The molecule has 92 valence electrons. The van der Waals surface area contributed by atoms with Crippen molar-refractivity contribution in [1.29, 1.82) is 0 Å². The zero-order valence-electron chi connectivity index (χ0n) is 8.15. The molecule has 0 bridgehead atoms. The SMILES string of the molecule is F[B-](F)(F)c1ccc2[nH]c(C(F)(F)F)cc2c1. The summed E-state index contributed by atoms with van der Waals surface area (Å²) in [7, 11) is 0. The van der Waals surface area contributed by atoms with E-state index in [4.69, 9.17) is 0 Å². The zero-order chi connectivity index (χ0) is 12.8. The minimum absolute atomic E-state index is 0.0288. The lowest BCUT2D eigenvalue weighted by atomic mass is 9.80. The van der Waals surface area contributed by atoms with Gasteiger partial charge in [-0.15, -0.1) is 5.46 Å². The molecule has 0 radical (unpaired) electrons. The topological polar surface area (TPSA) is 15.8 Å². The Kier molecular flexibility index (Phi) is 2.41. The van der Waals surface area contributed by atoms with Crippen molar-refractivity contribution < 1.29 is 26.1 Å². The van der Waals surface area contributed by atoms with Gasteiger partial charge in [0.1, 0.15) is 5.69 Å². The maximum Gasteiger partial charge on any atom is 0.509 e. The molecule has 2 rings (SSSR count). The van der Waals surface area contributed by atoms with Crippen LogP contribution in [0.2, 0.25) is 0 Å². The molecule has 0 amide bonds. The molecule has 1 aromatic carbocycles. The van der Waals surface area contributed by atoms with Gasteiger partial charge >= 0.3 is 13.2 Å². The monoisotopic (exact) mass is 252 g/mol. The summed E-state index contributed by atoms with van der Waals surface area (Å²) < 4.78 is 74.1. The average Bonchev–Trinajstić information content (AvgIpc) is 2.57. The van der Waals surface area contributed by atoms with E-state index < -0.39 is 24.3 Å². The van der Waals surface area contributed by atoms with Gasteiger partial charge in [0.25, 0.3) is 0 Å². The molecule has 1 nitrogen and oxygen atoms in total. The Morgan fingerprint density at radius 3 is 2.18 bits per heavy atom. The third kappa shape index (κ3) is 2.25. The second-order valence-electron chi connectivity index (χ2n) is 3.60. The van der Waals surface area contributed by atoms with Gasteiger partial charge in [-0.2, -0.15) is 13.2 Å². The summed E-state index contributed by atoms with van der Waals surface area (Å²) >= 11 is 0. The molecule has 0 spiro atoms. The van der Waals surface area contributed by atoms with Crippen LogP contribution < -0.4 is 5.46 Å². The van der Waals surface area contributed by atoms with Crippen LogP contribution >= 0.6 is 0 Å². The van der Waals surface area contributed by atoms with Crippen LogP contribution in [-0.2, 0) is 6.18 Å². The molecular formula is C9H5BF6N-. The Balaban J connectivity index is 2.56. The number of rotatable bonds is 1. The van der Waals surface area contributed by atoms with Crippen LogP contribution in [0, 0.1) is 0 Å². The quantitative estimate of drug-likeness (QED) is 0.592. The summed E-state index contributed by atoms with van der Waals surface area (Å²) in [5, 5.41) is -0.103. The number of benzene rings is 1. The third-order valence-corrected chi connectivity index (χ3v) is 2.33. The fourth-order valence-corrected chi connectivity index (χ4v) is 1.51. The van der Waals surface area contributed by atoms with Crippen LogP contribution in [0.15, 0.2) is 24.3 Å². The van der Waals surface area contributed by atoms with Crippen molar-refractivity contribution in [3.8, 4) is 0 Å². The van der Waals surface area contributed by atoms with E-state index in [0.717, 1.165) is 12.1 Å². The molecule has 1 N–H and O–H groups in total. The van der Waals surface area contributed by atoms with Crippen molar-refractivity contribution in [3.05, 3.63) is 30.0 Å². The lowest BCUT2D eigenvalue weighted by Crippen LogP contribution is -2.33. The third-order valence-electron chi connectivity index (χ3n) is 2.33. The van der Waals surface area contributed by atoms with Crippen molar-refractivity contribution in [3.63, 3.8) is 0 Å². The molecule has 17 heavy (non-hydrogen) atoms. The molecule has 0 fully saturated rings. The van der Waals surface area contributed by atoms with Crippen molar-refractivity contribution >= 4 is 23.3 Å². The first-order valence-electron chi connectivity index (χ1n) is 4.58. The summed E-state index contributed by atoms with van der Waals surface area (Å²) in [6.07, 6.45) is -4.59. The number of fused-ring (bicyclic) bond motifs is 1. The summed E-state index contributed by atoms with van der Waals surface area (Å²) in [5.74, 6) is 0. The number of nitrogens with one attached hydrogen (secondary N) is 1. The van der Waals surface area contributed by atoms with Gasteiger partial charge in [0.15, 0.2) is 0 Å². The largest absolute Gasteiger partial charge is 0.509 e. The van der Waals surface area contributed by atoms with E-state index in [0.29, 0.717) is 12.1 Å². The molecule has 0 aliphatic heterocycles. The first kappa shape index (κ1) is 11.9. The summed E-state index contributed by atoms with van der Waals surface area (Å²) in [4.78, 5) is 2.03. The van der Waals surface area contributed by atoms with Gasteiger partial charge in [0, 0.05) is 5.52 Å². The van der Waals surface area contributed by atoms with Crippen LogP contribution in [0.25, 0.3) is 10.9 Å². The number of halogens is 6. The van der Waals surface area contributed by atoms with Gasteiger partial charge in [0.2, 0.25) is 0 Å². The molecule has 0 unspecified atom stereocenters. The fourth-order valence-electron chi connectivity index (χ4n) is 1.51. The van der Waals surface area contributed by atoms with Gasteiger partial charge in [-0.1, -0.05) is 12.1 Å². The molecule has 0 saturated carbocycles. The highest BCUT2D eigenvalue weighted by Crippen LogP contribution is 2.31.